The highest BCUT2D eigenvalue weighted by Crippen LogP contribution is 2.23. The Morgan fingerprint density at radius 2 is 1.63 bits per heavy atom. The van der Waals surface area contributed by atoms with Crippen LogP contribution in [0.5, 0.6) is 0 Å². The van der Waals surface area contributed by atoms with E-state index < -0.39 is 0 Å². The number of nitrogens with one attached hydrogen (secondary N) is 1. The van der Waals surface area contributed by atoms with Gasteiger partial charge in [0, 0.05) is 0 Å². The Bertz CT molecular complexity index is 490. The molecule has 0 saturated carbocycles. The molecule has 1 nitrogen and oxygen atoms in total. The van der Waals surface area contributed by atoms with E-state index in [1.165, 1.54) is 23.1 Å². The molecule has 0 saturated heterocycles. The van der Waals surface area contributed by atoms with Crippen LogP contribution in [0.15, 0.2) is 54.6 Å². The van der Waals surface area contributed by atoms with E-state index in [0.717, 1.165) is 13.0 Å². The summed E-state index contributed by atoms with van der Waals surface area (Å²) in [6.07, 6.45) is 2.35. The molecule has 100 valence electrons. The van der Waals surface area contributed by atoms with Crippen LogP contribution >= 0.6 is 0 Å². The van der Waals surface area contributed by atoms with Crippen LogP contribution in [0, 0.1) is 0 Å². The Morgan fingerprint density at radius 3 is 2.32 bits per heavy atom. The van der Waals surface area contributed by atoms with Gasteiger partial charge in [0.2, 0.25) is 0 Å². The summed E-state index contributed by atoms with van der Waals surface area (Å²) in [6, 6.07) is 19.9. The summed E-state index contributed by atoms with van der Waals surface area (Å²) in [7, 11) is 0. The van der Waals surface area contributed by atoms with Crippen LogP contribution in [0.2, 0.25) is 0 Å². The standard InChI is InChI=1S/C18H23N/c1-3-9-15-10-8-13-17(14-15)18(19-4-2)16-11-6-5-7-12-16/h5-8,10-14,18-19H,3-4,9H2,1-2H3. The number of hydrogen-bond donors (Lipinski definition) is 1. The quantitative estimate of drug-likeness (QED) is 0.807. The van der Waals surface area contributed by atoms with Crippen molar-refractivity contribution in [1.82, 2.24) is 5.32 Å². The van der Waals surface area contributed by atoms with Gasteiger partial charge in [0.05, 0.1) is 6.04 Å². The Hall–Kier alpha value is -1.60. The predicted molar refractivity (Wildman–Crippen MR) is 82.4 cm³/mol. The van der Waals surface area contributed by atoms with Gasteiger partial charge in [0.25, 0.3) is 0 Å². The molecule has 0 amide bonds. The summed E-state index contributed by atoms with van der Waals surface area (Å²) >= 11 is 0. The lowest BCUT2D eigenvalue weighted by atomic mass is 9.96. The average Bonchev–Trinajstić information content (AvgIpc) is 2.46. The monoisotopic (exact) mass is 253 g/mol. The van der Waals surface area contributed by atoms with E-state index >= 15 is 0 Å². The average molecular weight is 253 g/mol. The lowest BCUT2D eigenvalue weighted by molar-refractivity contribution is 0.630. The van der Waals surface area contributed by atoms with Gasteiger partial charge in [-0.05, 0) is 29.7 Å². The highest BCUT2D eigenvalue weighted by molar-refractivity contribution is 5.34. The zero-order chi connectivity index (χ0) is 13.5. The van der Waals surface area contributed by atoms with Crippen molar-refractivity contribution in [3.05, 3.63) is 71.3 Å². The van der Waals surface area contributed by atoms with Gasteiger partial charge in [-0.3, -0.25) is 0 Å². The first-order valence-corrected chi connectivity index (χ1v) is 7.22. The minimum atomic E-state index is 0.294. The normalized spacial score (nSPS) is 12.3. The predicted octanol–water partition coefficient (Wildman–Crippen LogP) is 4.34. The van der Waals surface area contributed by atoms with Gasteiger partial charge in [-0.15, -0.1) is 0 Å². The van der Waals surface area contributed by atoms with Gasteiger partial charge in [0.15, 0.2) is 0 Å². The third kappa shape index (κ3) is 3.68. The van der Waals surface area contributed by atoms with Crippen molar-refractivity contribution in [2.24, 2.45) is 0 Å². The maximum Gasteiger partial charge on any atom is 0.0576 e. The largest absolute Gasteiger partial charge is 0.307 e. The summed E-state index contributed by atoms with van der Waals surface area (Å²) in [6.45, 7) is 5.36. The van der Waals surface area contributed by atoms with E-state index in [4.69, 9.17) is 0 Å². The highest BCUT2D eigenvalue weighted by Gasteiger charge is 2.12. The van der Waals surface area contributed by atoms with E-state index in [1.54, 1.807) is 0 Å². The third-order valence-electron chi connectivity index (χ3n) is 3.36. The van der Waals surface area contributed by atoms with Crippen LogP contribution < -0.4 is 5.32 Å². The fourth-order valence-corrected chi connectivity index (χ4v) is 2.49. The zero-order valence-corrected chi connectivity index (χ0v) is 11.9. The third-order valence-corrected chi connectivity index (χ3v) is 3.36. The molecule has 0 aromatic heterocycles. The molecule has 1 N–H and O–H groups in total. The second kappa shape index (κ2) is 7.10. The molecule has 0 heterocycles. The van der Waals surface area contributed by atoms with E-state index in [1.807, 2.05) is 0 Å². The molecule has 0 aliphatic heterocycles. The van der Waals surface area contributed by atoms with E-state index in [0.29, 0.717) is 6.04 Å². The van der Waals surface area contributed by atoms with Crippen LogP contribution in [0.4, 0.5) is 0 Å². The number of hydrogen-bond acceptors (Lipinski definition) is 1. The molecule has 0 fully saturated rings. The Kier molecular flexibility index (Phi) is 5.17. The van der Waals surface area contributed by atoms with Crippen molar-refractivity contribution in [2.75, 3.05) is 6.54 Å². The van der Waals surface area contributed by atoms with Gasteiger partial charge in [0.1, 0.15) is 0 Å². The summed E-state index contributed by atoms with van der Waals surface area (Å²) in [5.41, 5.74) is 4.12. The molecule has 0 bridgehead atoms. The Balaban J connectivity index is 2.31. The van der Waals surface area contributed by atoms with Gasteiger partial charge in [-0.1, -0.05) is 74.9 Å². The van der Waals surface area contributed by atoms with Crippen molar-refractivity contribution in [1.29, 1.82) is 0 Å². The molecule has 2 aromatic rings. The molecule has 0 radical (unpaired) electrons. The van der Waals surface area contributed by atoms with Crippen molar-refractivity contribution >= 4 is 0 Å². The smallest absolute Gasteiger partial charge is 0.0576 e. The van der Waals surface area contributed by atoms with Crippen LogP contribution in [0.1, 0.15) is 43.0 Å². The van der Waals surface area contributed by atoms with E-state index in [2.05, 4.69) is 73.8 Å². The van der Waals surface area contributed by atoms with Crippen molar-refractivity contribution in [3.63, 3.8) is 0 Å². The molecule has 0 aliphatic rings. The lowest BCUT2D eigenvalue weighted by Gasteiger charge is -2.19. The molecule has 0 spiro atoms. The Morgan fingerprint density at radius 1 is 0.895 bits per heavy atom. The van der Waals surface area contributed by atoms with Gasteiger partial charge in [-0.2, -0.15) is 0 Å². The topological polar surface area (TPSA) is 12.0 Å². The molecule has 2 aromatic carbocycles. The summed E-state index contributed by atoms with van der Waals surface area (Å²) < 4.78 is 0. The molecule has 1 atom stereocenters. The summed E-state index contributed by atoms with van der Waals surface area (Å²) in [4.78, 5) is 0. The van der Waals surface area contributed by atoms with Crippen LogP contribution in [0.25, 0.3) is 0 Å². The lowest BCUT2D eigenvalue weighted by Crippen LogP contribution is -2.22. The minimum absolute atomic E-state index is 0.294. The van der Waals surface area contributed by atoms with Gasteiger partial charge < -0.3 is 5.32 Å². The van der Waals surface area contributed by atoms with Crippen molar-refractivity contribution < 1.29 is 0 Å². The summed E-state index contributed by atoms with van der Waals surface area (Å²) in [5.74, 6) is 0. The molecular weight excluding hydrogens is 230 g/mol. The first-order chi connectivity index (χ1) is 9.35. The van der Waals surface area contributed by atoms with Gasteiger partial charge in [-0.25, -0.2) is 0 Å². The second-order valence-corrected chi connectivity index (χ2v) is 4.90. The number of benzene rings is 2. The molecule has 1 unspecified atom stereocenters. The summed E-state index contributed by atoms with van der Waals surface area (Å²) in [5, 5.41) is 3.58. The minimum Gasteiger partial charge on any atom is -0.307 e. The van der Waals surface area contributed by atoms with Gasteiger partial charge >= 0.3 is 0 Å². The van der Waals surface area contributed by atoms with Crippen molar-refractivity contribution in [3.8, 4) is 0 Å². The first-order valence-electron chi connectivity index (χ1n) is 7.22. The molecule has 2 rings (SSSR count). The zero-order valence-electron chi connectivity index (χ0n) is 11.9. The van der Waals surface area contributed by atoms with Crippen molar-refractivity contribution in [2.45, 2.75) is 32.7 Å². The van der Waals surface area contributed by atoms with Crippen LogP contribution in [-0.4, -0.2) is 6.54 Å². The maximum atomic E-state index is 3.58. The molecule has 1 heteroatoms. The van der Waals surface area contributed by atoms with E-state index in [-0.39, 0.29) is 0 Å². The molecular formula is C18H23N. The second-order valence-electron chi connectivity index (χ2n) is 4.90. The van der Waals surface area contributed by atoms with E-state index in [9.17, 15) is 0 Å². The number of rotatable bonds is 6. The van der Waals surface area contributed by atoms with Crippen LogP contribution in [-0.2, 0) is 6.42 Å². The SMILES string of the molecule is CCCc1cccc(C(NCC)c2ccccc2)c1. The maximum absolute atomic E-state index is 3.58. The molecule has 0 aliphatic carbocycles. The number of aryl methyl sites for hydroxylation is 1. The fourth-order valence-electron chi connectivity index (χ4n) is 2.49. The Labute approximate surface area is 116 Å². The highest BCUT2D eigenvalue weighted by atomic mass is 14.9. The first kappa shape index (κ1) is 13.8. The molecule has 19 heavy (non-hydrogen) atoms. The fraction of sp³-hybridized carbons (Fsp3) is 0.333. The van der Waals surface area contributed by atoms with Crippen LogP contribution in [0.3, 0.4) is 0 Å².